The van der Waals surface area contributed by atoms with Crippen molar-refractivity contribution in [3.63, 3.8) is 0 Å². The number of hydrogen-bond donors (Lipinski definition) is 1. The molecule has 1 aliphatic heterocycles. The van der Waals surface area contributed by atoms with Crippen LogP contribution in [0.1, 0.15) is 35.3 Å². The molecule has 0 saturated carbocycles. The van der Waals surface area contributed by atoms with Crippen LogP contribution in [0, 0.1) is 6.92 Å². The molecule has 0 spiro atoms. The van der Waals surface area contributed by atoms with Gasteiger partial charge < -0.3 is 14.6 Å². The minimum Gasteiger partial charge on any atom is -0.497 e. The topological polar surface area (TPSA) is 38.7 Å². The highest BCUT2D eigenvalue weighted by Gasteiger charge is 2.28. The molecular weight excluding hydrogens is 252 g/mol. The predicted octanol–water partition coefficient (Wildman–Crippen LogP) is 3.56. The summed E-state index contributed by atoms with van der Waals surface area (Å²) in [5, 5.41) is 10.3. The van der Waals surface area contributed by atoms with Gasteiger partial charge in [-0.15, -0.1) is 0 Å². The number of fused-ring (bicyclic) bond motifs is 1. The molecule has 3 rings (SSSR count). The zero-order valence-corrected chi connectivity index (χ0v) is 11.7. The molecule has 2 atom stereocenters. The van der Waals surface area contributed by atoms with Crippen LogP contribution in [0.25, 0.3) is 0 Å². The van der Waals surface area contributed by atoms with Gasteiger partial charge in [0.25, 0.3) is 0 Å². The summed E-state index contributed by atoms with van der Waals surface area (Å²) >= 11 is 0. The van der Waals surface area contributed by atoms with E-state index in [1.54, 1.807) is 7.11 Å². The minimum absolute atomic E-state index is 0.105. The average Bonchev–Trinajstić information content (AvgIpc) is 2.47. The molecule has 3 heteroatoms. The van der Waals surface area contributed by atoms with Crippen LogP contribution in [-0.2, 0) is 0 Å². The molecule has 3 nitrogen and oxygen atoms in total. The fraction of sp³-hybridized carbons (Fsp3) is 0.294. The van der Waals surface area contributed by atoms with Gasteiger partial charge in [-0.1, -0.05) is 29.8 Å². The smallest absolute Gasteiger partial charge is 0.127 e. The van der Waals surface area contributed by atoms with Crippen molar-refractivity contribution in [2.45, 2.75) is 25.6 Å². The van der Waals surface area contributed by atoms with Crippen molar-refractivity contribution in [1.29, 1.82) is 0 Å². The largest absolute Gasteiger partial charge is 0.497 e. The highest BCUT2D eigenvalue weighted by atomic mass is 16.5. The summed E-state index contributed by atoms with van der Waals surface area (Å²) in [6.07, 6.45) is -0.0740. The van der Waals surface area contributed by atoms with Crippen LogP contribution in [-0.4, -0.2) is 12.2 Å². The van der Waals surface area contributed by atoms with Gasteiger partial charge in [0.2, 0.25) is 0 Å². The third kappa shape index (κ3) is 2.37. The van der Waals surface area contributed by atoms with Gasteiger partial charge in [-0.05, 0) is 30.7 Å². The molecule has 2 aromatic rings. The van der Waals surface area contributed by atoms with E-state index in [2.05, 4.69) is 31.2 Å². The first-order valence-electron chi connectivity index (χ1n) is 6.76. The van der Waals surface area contributed by atoms with Crippen LogP contribution >= 0.6 is 0 Å². The number of benzene rings is 2. The summed E-state index contributed by atoms with van der Waals surface area (Å²) in [5.74, 6) is 1.47. The van der Waals surface area contributed by atoms with E-state index >= 15 is 0 Å². The van der Waals surface area contributed by atoms with Gasteiger partial charge in [-0.2, -0.15) is 0 Å². The predicted molar refractivity (Wildman–Crippen MR) is 77.1 cm³/mol. The summed E-state index contributed by atoms with van der Waals surface area (Å²) in [4.78, 5) is 0. The standard InChI is InChI=1S/C17H18O3/c1-11-3-5-12(6-4-11)17-10-15(18)14-9-13(19-2)7-8-16(14)20-17/h3-9,15,17-18H,10H2,1-2H3. The molecule has 0 radical (unpaired) electrons. The van der Waals surface area contributed by atoms with Crippen molar-refractivity contribution in [1.82, 2.24) is 0 Å². The van der Waals surface area contributed by atoms with Crippen molar-refractivity contribution in [3.05, 3.63) is 59.2 Å². The van der Waals surface area contributed by atoms with E-state index in [1.807, 2.05) is 18.2 Å². The molecule has 0 aliphatic carbocycles. The maximum Gasteiger partial charge on any atom is 0.127 e. The lowest BCUT2D eigenvalue weighted by Gasteiger charge is -2.30. The van der Waals surface area contributed by atoms with Crippen molar-refractivity contribution in [3.8, 4) is 11.5 Å². The normalized spacial score (nSPS) is 20.9. The van der Waals surface area contributed by atoms with E-state index in [0.29, 0.717) is 6.42 Å². The number of aliphatic hydroxyl groups is 1. The molecule has 0 amide bonds. The lowest BCUT2D eigenvalue weighted by Crippen LogP contribution is -2.19. The molecule has 1 aliphatic rings. The van der Waals surface area contributed by atoms with Crippen molar-refractivity contribution < 1.29 is 14.6 Å². The van der Waals surface area contributed by atoms with E-state index < -0.39 is 6.10 Å². The van der Waals surface area contributed by atoms with E-state index in [1.165, 1.54) is 5.56 Å². The van der Waals surface area contributed by atoms with Gasteiger partial charge in [-0.25, -0.2) is 0 Å². The Balaban J connectivity index is 1.90. The fourth-order valence-electron chi connectivity index (χ4n) is 2.54. The SMILES string of the molecule is COc1ccc2c(c1)C(O)CC(c1ccc(C)cc1)O2. The van der Waals surface area contributed by atoms with Crippen molar-refractivity contribution in [2.75, 3.05) is 7.11 Å². The Bertz CT molecular complexity index is 604. The van der Waals surface area contributed by atoms with E-state index in [-0.39, 0.29) is 6.10 Å². The maximum absolute atomic E-state index is 10.3. The van der Waals surface area contributed by atoms with Crippen LogP contribution in [0.15, 0.2) is 42.5 Å². The molecule has 0 bridgehead atoms. The molecule has 2 unspecified atom stereocenters. The Morgan fingerprint density at radius 1 is 1.15 bits per heavy atom. The summed E-state index contributed by atoms with van der Waals surface area (Å²) in [6, 6.07) is 13.8. The molecule has 104 valence electrons. The van der Waals surface area contributed by atoms with Gasteiger partial charge in [0, 0.05) is 12.0 Å². The quantitative estimate of drug-likeness (QED) is 0.906. The van der Waals surface area contributed by atoms with Crippen LogP contribution in [0.4, 0.5) is 0 Å². The molecular formula is C17H18O3. The second-order valence-corrected chi connectivity index (χ2v) is 5.17. The maximum atomic E-state index is 10.3. The van der Waals surface area contributed by atoms with Crippen LogP contribution in [0.3, 0.4) is 0 Å². The Labute approximate surface area is 118 Å². The average molecular weight is 270 g/mol. The van der Waals surface area contributed by atoms with E-state index in [9.17, 15) is 5.11 Å². The van der Waals surface area contributed by atoms with Crippen molar-refractivity contribution >= 4 is 0 Å². The van der Waals surface area contributed by atoms with Gasteiger partial charge in [0.15, 0.2) is 0 Å². The van der Waals surface area contributed by atoms with Crippen LogP contribution in [0.5, 0.6) is 11.5 Å². The zero-order valence-electron chi connectivity index (χ0n) is 11.7. The summed E-state index contributed by atoms with van der Waals surface area (Å²) in [7, 11) is 1.62. The van der Waals surface area contributed by atoms with Gasteiger partial charge >= 0.3 is 0 Å². The second-order valence-electron chi connectivity index (χ2n) is 5.17. The number of aryl methyl sites for hydroxylation is 1. The second kappa shape index (κ2) is 5.17. The lowest BCUT2D eigenvalue weighted by atomic mass is 9.94. The Morgan fingerprint density at radius 3 is 2.60 bits per heavy atom. The van der Waals surface area contributed by atoms with Gasteiger partial charge in [0.05, 0.1) is 13.2 Å². The first-order chi connectivity index (χ1) is 9.67. The van der Waals surface area contributed by atoms with Crippen LogP contribution in [0.2, 0.25) is 0 Å². The van der Waals surface area contributed by atoms with Crippen LogP contribution < -0.4 is 9.47 Å². The van der Waals surface area contributed by atoms with E-state index in [4.69, 9.17) is 9.47 Å². The third-order valence-corrected chi connectivity index (χ3v) is 3.73. The monoisotopic (exact) mass is 270 g/mol. The fourth-order valence-corrected chi connectivity index (χ4v) is 2.54. The highest BCUT2D eigenvalue weighted by molar-refractivity contribution is 5.43. The molecule has 0 fully saturated rings. The zero-order chi connectivity index (χ0) is 14.1. The van der Waals surface area contributed by atoms with Gasteiger partial charge in [0.1, 0.15) is 17.6 Å². The summed E-state index contributed by atoms with van der Waals surface area (Å²) in [5.41, 5.74) is 3.11. The molecule has 0 aromatic heterocycles. The summed E-state index contributed by atoms with van der Waals surface area (Å²) < 4.78 is 11.2. The number of hydrogen-bond acceptors (Lipinski definition) is 3. The Kier molecular flexibility index (Phi) is 3.36. The number of ether oxygens (including phenoxy) is 2. The van der Waals surface area contributed by atoms with Gasteiger partial charge in [-0.3, -0.25) is 0 Å². The molecule has 1 heterocycles. The molecule has 2 aromatic carbocycles. The van der Waals surface area contributed by atoms with E-state index in [0.717, 1.165) is 22.6 Å². The van der Waals surface area contributed by atoms with Crippen molar-refractivity contribution in [2.24, 2.45) is 0 Å². The lowest BCUT2D eigenvalue weighted by molar-refractivity contribution is 0.0654. The first-order valence-corrected chi connectivity index (χ1v) is 6.76. The Hall–Kier alpha value is -2.00. The third-order valence-electron chi connectivity index (χ3n) is 3.73. The minimum atomic E-state index is -0.528. The highest BCUT2D eigenvalue weighted by Crippen LogP contribution is 2.42. The first kappa shape index (κ1) is 13.0. The summed E-state index contributed by atoms with van der Waals surface area (Å²) in [6.45, 7) is 2.06. The number of methoxy groups -OCH3 is 1. The Morgan fingerprint density at radius 2 is 1.90 bits per heavy atom. The number of rotatable bonds is 2. The molecule has 1 N–H and O–H groups in total. The molecule has 0 saturated heterocycles. The molecule has 20 heavy (non-hydrogen) atoms. The number of aliphatic hydroxyl groups excluding tert-OH is 1.